The molecule has 0 radical (unpaired) electrons. The second-order valence-electron chi connectivity index (χ2n) is 3.58. The van der Waals surface area contributed by atoms with E-state index >= 15 is 0 Å². The van der Waals surface area contributed by atoms with E-state index < -0.39 is 42.8 Å². The number of hydrogen-bond acceptors (Lipinski definition) is 8. The standard InChI is InChI=1S/C8H11N3O6/c9-6(15)8-10-7(11-17-8)5-4(14)3(13)2(1-12)16-5/h2-5,12-14H,1H2,(H2,9,15)/t2-,3-,4-,5+/m0/s1. The van der Waals surface area contributed by atoms with Crippen LogP contribution in [-0.4, -0.2) is 56.3 Å². The predicted octanol–water partition coefficient (Wildman–Crippen LogP) is -2.68. The molecule has 17 heavy (non-hydrogen) atoms. The van der Waals surface area contributed by atoms with E-state index in [9.17, 15) is 15.0 Å². The molecule has 94 valence electrons. The summed E-state index contributed by atoms with van der Waals surface area (Å²) in [6.07, 6.45) is -4.59. The number of hydrogen-bond donors (Lipinski definition) is 4. The number of aromatic nitrogens is 2. The van der Waals surface area contributed by atoms with Crippen LogP contribution in [-0.2, 0) is 4.74 Å². The molecule has 0 saturated carbocycles. The topological polar surface area (TPSA) is 152 Å². The summed E-state index contributed by atoms with van der Waals surface area (Å²) in [5.74, 6) is -1.44. The van der Waals surface area contributed by atoms with Gasteiger partial charge in [-0.2, -0.15) is 4.98 Å². The van der Waals surface area contributed by atoms with Gasteiger partial charge in [0.1, 0.15) is 24.4 Å². The highest BCUT2D eigenvalue weighted by Crippen LogP contribution is 2.31. The third-order valence-electron chi connectivity index (χ3n) is 2.45. The van der Waals surface area contributed by atoms with Crippen molar-refractivity contribution in [2.45, 2.75) is 24.4 Å². The van der Waals surface area contributed by atoms with Gasteiger partial charge in [0.2, 0.25) is 5.82 Å². The van der Waals surface area contributed by atoms with Crippen LogP contribution in [0.25, 0.3) is 0 Å². The fraction of sp³-hybridized carbons (Fsp3) is 0.625. The lowest BCUT2D eigenvalue weighted by Gasteiger charge is -2.10. The van der Waals surface area contributed by atoms with Crippen molar-refractivity contribution < 1.29 is 29.4 Å². The highest BCUT2D eigenvalue weighted by atomic mass is 16.6. The van der Waals surface area contributed by atoms with Crippen molar-refractivity contribution in [3.63, 3.8) is 0 Å². The molecule has 0 unspecified atom stereocenters. The molecule has 1 aliphatic rings. The summed E-state index contributed by atoms with van der Waals surface area (Å²) in [5, 5.41) is 31.4. The van der Waals surface area contributed by atoms with Crippen LogP contribution in [0.2, 0.25) is 0 Å². The van der Waals surface area contributed by atoms with Crippen molar-refractivity contribution in [1.82, 2.24) is 10.1 Å². The zero-order valence-electron chi connectivity index (χ0n) is 8.55. The number of rotatable bonds is 3. The van der Waals surface area contributed by atoms with E-state index in [2.05, 4.69) is 14.7 Å². The first-order valence-corrected chi connectivity index (χ1v) is 4.80. The summed E-state index contributed by atoms with van der Waals surface area (Å²) >= 11 is 0. The number of nitrogens with zero attached hydrogens (tertiary/aromatic N) is 2. The molecule has 1 aromatic rings. The number of amides is 1. The molecule has 1 saturated heterocycles. The van der Waals surface area contributed by atoms with E-state index in [0.29, 0.717) is 0 Å². The molecule has 1 amide bonds. The van der Waals surface area contributed by atoms with Gasteiger partial charge in [-0.3, -0.25) is 4.79 Å². The summed E-state index contributed by atoms with van der Waals surface area (Å²) in [6.45, 7) is -0.463. The van der Waals surface area contributed by atoms with Gasteiger partial charge in [0.05, 0.1) is 6.61 Å². The molecule has 2 rings (SSSR count). The average Bonchev–Trinajstić information content (AvgIpc) is 2.87. The smallest absolute Gasteiger partial charge is 0.315 e. The molecule has 2 heterocycles. The normalized spacial score (nSPS) is 32.9. The van der Waals surface area contributed by atoms with Crippen molar-refractivity contribution in [1.29, 1.82) is 0 Å². The lowest BCUT2D eigenvalue weighted by molar-refractivity contribution is -0.0258. The lowest BCUT2D eigenvalue weighted by atomic mass is 10.1. The highest BCUT2D eigenvalue weighted by Gasteiger charge is 2.45. The Bertz CT molecular complexity index is 421. The van der Waals surface area contributed by atoms with Crippen molar-refractivity contribution in [3.8, 4) is 0 Å². The van der Waals surface area contributed by atoms with Crippen molar-refractivity contribution in [3.05, 3.63) is 11.7 Å². The first-order valence-electron chi connectivity index (χ1n) is 4.80. The van der Waals surface area contributed by atoms with Gasteiger partial charge in [-0.05, 0) is 0 Å². The Morgan fingerprint density at radius 3 is 2.59 bits per heavy atom. The molecule has 9 nitrogen and oxygen atoms in total. The molecule has 1 aromatic heterocycles. The van der Waals surface area contributed by atoms with Gasteiger partial charge in [0.25, 0.3) is 0 Å². The fourth-order valence-electron chi connectivity index (χ4n) is 1.56. The van der Waals surface area contributed by atoms with Gasteiger partial charge in [-0.15, -0.1) is 0 Å². The van der Waals surface area contributed by atoms with Gasteiger partial charge < -0.3 is 30.3 Å². The van der Waals surface area contributed by atoms with Crippen LogP contribution >= 0.6 is 0 Å². The van der Waals surface area contributed by atoms with Gasteiger partial charge in [-0.25, -0.2) is 0 Å². The SMILES string of the molecule is NC(=O)c1nc([C@@H]2O[C@@H](CO)[C@H](O)[C@@H]2O)no1. The molecule has 1 fully saturated rings. The molecular formula is C8H11N3O6. The van der Waals surface area contributed by atoms with Crippen LogP contribution in [0.1, 0.15) is 22.6 Å². The van der Waals surface area contributed by atoms with E-state index in [4.69, 9.17) is 15.6 Å². The van der Waals surface area contributed by atoms with E-state index in [1.165, 1.54) is 0 Å². The summed E-state index contributed by atoms with van der Waals surface area (Å²) in [4.78, 5) is 14.3. The summed E-state index contributed by atoms with van der Waals surface area (Å²) in [6, 6.07) is 0. The molecule has 9 heteroatoms. The fourth-order valence-corrected chi connectivity index (χ4v) is 1.56. The number of carbonyl (C=O) groups is 1. The number of aliphatic hydroxyl groups is 3. The summed E-state index contributed by atoms with van der Waals surface area (Å²) < 4.78 is 9.65. The minimum absolute atomic E-state index is 0.110. The first kappa shape index (κ1) is 11.9. The van der Waals surface area contributed by atoms with Crippen LogP contribution in [0.4, 0.5) is 0 Å². The first-order chi connectivity index (χ1) is 8.04. The van der Waals surface area contributed by atoms with E-state index in [1.54, 1.807) is 0 Å². The summed E-state index contributed by atoms with van der Waals surface area (Å²) in [5.41, 5.74) is 4.91. The number of aliphatic hydroxyl groups excluding tert-OH is 3. The predicted molar refractivity (Wildman–Crippen MR) is 49.5 cm³/mol. The van der Waals surface area contributed by atoms with E-state index in [0.717, 1.165) is 0 Å². The van der Waals surface area contributed by atoms with Gasteiger partial charge in [0.15, 0.2) is 0 Å². The molecule has 0 aliphatic carbocycles. The maximum Gasteiger partial charge on any atom is 0.315 e. The van der Waals surface area contributed by atoms with Crippen molar-refractivity contribution >= 4 is 5.91 Å². The molecule has 0 aromatic carbocycles. The molecule has 5 N–H and O–H groups in total. The molecule has 0 spiro atoms. The monoisotopic (exact) mass is 245 g/mol. The highest BCUT2D eigenvalue weighted by molar-refractivity contribution is 5.87. The third kappa shape index (κ3) is 2.00. The van der Waals surface area contributed by atoms with Crippen LogP contribution in [0.3, 0.4) is 0 Å². The lowest BCUT2D eigenvalue weighted by Crippen LogP contribution is -2.32. The van der Waals surface area contributed by atoms with Gasteiger partial charge in [-0.1, -0.05) is 5.16 Å². The Morgan fingerprint density at radius 2 is 2.12 bits per heavy atom. The molecule has 4 atom stereocenters. The Kier molecular flexibility index (Phi) is 3.07. The second kappa shape index (κ2) is 4.37. The van der Waals surface area contributed by atoms with Crippen LogP contribution in [0.15, 0.2) is 4.52 Å². The summed E-state index contributed by atoms with van der Waals surface area (Å²) in [7, 11) is 0. The second-order valence-corrected chi connectivity index (χ2v) is 3.58. The Morgan fingerprint density at radius 1 is 1.41 bits per heavy atom. The molecule has 1 aliphatic heterocycles. The Labute approximate surface area is 94.8 Å². The minimum atomic E-state index is -1.31. The maximum atomic E-state index is 10.7. The van der Waals surface area contributed by atoms with E-state index in [1.807, 2.05) is 0 Å². The average molecular weight is 245 g/mol. The minimum Gasteiger partial charge on any atom is -0.394 e. The number of primary amides is 1. The zero-order valence-corrected chi connectivity index (χ0v) is 8.55. The molecule has 0 bridgehead atoms. The number of ether oxygens (including phenoxy) is 1. The number of carbonyl (C=O) groups excluding carboxylic acids is 1. The van der Waals surface area contributed by atoms with Crippen LogP contribution in [0.5, 0.6) is 0 Å². The van der Waals surface area contributed by atoms with Crippen LogP contribution < -0.4 is 5.73 Å². The zero-order chi connectivity index (χ0) is 12.6. The maximum absolute atomic E-state index is 10.7. The largest absolute Gasteiger partial charge is 0.394 e. The van der Waals surface area contributed by atoms with Crippen molar-refractivity contribution in [2.75, 3.05) is 6.61 Å². The van der Waals surface area contributed by atoms with Crippen LogP contribution in [0, 0.1) is 0 Å². The number of nitrogens with two attached hydrogens (primary N) is 1. The molecular weight excluding hydrogens is 234 g/mol. The van der Waals surface area contributed by atoms with Crippen molar-refractivity contribution in [2.24, 2.45) is 5.73 Å². The Balaban J connectivity index is 2.19. The third-order valence-corrected chi connectivity index (χ3v) is 2.45. The Hall–Kier alpha value is -1.55. The quantitative estimate of drug-likeness (QED) is 0.449. The van der Waals surface area contributed by atoms with E-state index in [-0.39, 0.29) is 5.82 Å². The van der Waals surface area contributed by atoms with Gasteiger partial charge in [0, 0.05) is 0 Å². The van der Waals surface area contributed by atoms with Gasteiger partial charge >= 0.3 is 11.8 Å².